The van der Waals surface area contributed by atoms with E-state index in [4.69, 9.17) is 4.74 Å². The van der Waals surface area contributed by atoms with Crippen LogP contribution >= 0.6 is 0 Å². The van der Waals surface area contributed by atoms with Crippen molar-refractivity contribution in [2.75, 3.05) is 18.2 Å². The third kappa shape index (κ3) is 4.04. The topological polar surface area (TPSA) is 141 Å². The fraction of sp³-hybridized carbons (Fsp3) is 0.130. The molecule has 2 aromatic carbocycles. The lowest BCUT2D eigenvalue weighted by molar-refractivity contribution is 0.415. The van der Waals surface area contributed by atoms with Gasteiger partial charge in [-0.3, -0.25) is 9.78 Å². The van der Waals surface area contributed by atoms with Gasteiger partial charge in [0.15, 0.2) is 21.3 Å². The van der Waals surface area contributed by atoms with Crippen molar-refractivity contribution in [3.8, 4) is 17.1 Å². The van der Waals surface area contributed by atoms with Gasteiger partial charge in [-0.1, -0.05) is 13.0 Å². The Morgan fingerprint density at radius 3 is 2.60 bits per heavy atom. The van der Waals surface area contributed by atoms with Crippen LogP contribution in [0.4, 0.5) is 11.6 Å². The van der Waals surface area contributed by atoms with Crippen molar-refractivity contribution in [1.82, 2.24) is 29.5 Å². The predicted octanol–water partition coefficient (Wildman–Crippen LogP) is 2.64. The molecule has 0 spiro atoms. The highest BCUT2D eigenvalue weighted by Gasteiger charge is 2.22. The molecule has 0 bridgehead atoms. The van der Waals surface area contributed by atoms with Crippen LogP contribution < -0.4 is 15.6 Å². The van der Waals surface area contributed by atoms with Crippen LogP contribution in [0.2, 0.25) is 0 Å². The Kier molecular flexibility index (Phi) is 5.57. The average molecular weight is 490 g/mol. The summed E-state index contributed by atoms with van der Waals surface area (Å²) in [5.41, 5.74) is 0.768. The van der Waals surface area contributed by atoms with Gasteiger partial charge in [0.05, 0.1) is 29.5 Å². The molecule has 0 aliphatic carbocycles. The monoisotopic (exact) mass is 489 g/mol. The highest BCUT2D eigenvalue weighted by molar-refractivity contribution is 7.91. The first-order valence-corrected chi connectivity index (χ1v) is 12.2. The number of rotatable bonds is 6. The number of para-hydroxylation sites is 1. The Morgan fingerprint density at radius 1 is 1.06 bits per heavy atom. The van der Waals surface area contributed by atoms with Crippen molar-refractivity contribution in [3.05, 3.63) is 71.4 Å². The number of nitrogens with zero attached hydrogens (tertiary/aromatic N) is 6. The summed E-state index contributed by atoms with van der Waals surface area (Å²) < 4.78 is 32.3. The first kappa shape index (κ1) is 22.3. The zero-order valence-electron chi connectivity index (χ0n) is 18.7. The second kappa shape index (κ2) is 8.72. The Bertz CT molecular complexity index is 1740. The van der Waals surface area contributed by atoms with E-state index in [1.54, 1.807) is 38.3 Å². The summed E-state index contributed by atoms with van der Waals surface area (Å²) in [7, 11) is -2.03. The molecule has 5 aromatic rings. The lowest BCUT2D eigenvalue weighted by Gasteiger charge is -2.10. The van der Waals surface area contributed by atoms with Crippen LogP contribution in [0.25, 0.3) is 27.9 Å². The molecule has 3 aromatic heterocycles. The van der Waals surface area contributed by atoms with Crippen molar-refractivity contribution < 1.29 is 13.2 Å². The number of fused-ring (bicyclic) bond motifs is 3. The molecule has 35 heavy (non-hydrogen) atoms. The molecule has 3 heterocycles. The Hall–Kier alpha value is -4.45. The van der Waals surface area contributed by atoms with Crippen LogP contribution in [-0.4, -0.2) is 50.8 Å². The van der Waals surface area contributed by atoms with Gasteiger partial charge in [-0.25, -0.2) is 23.4 Å². The van der Waals surface area contributed by atoms with Gasteiger partial charge in [0.1, 0.15) is 11.4 Å². The maximum absolute atomic E-state index is 12.8. The quantitative estimate of drug-likeness (QED) is 0.378. The molecule has 1 N–H and O–H groups in total. The number of benzene rings is 2. The average Bonchev–Trinajstić information content (AvgIpc) is 3.23. The molecule has 0 fully saturated rings. The largest absolute Gasteiger partial charge is 0.497 e. The normalized spacial score (nSPS) is 11.6. The number of nitrogens with one attached hydrogen (secondary N) is 1. The third-order valence-electron chi connectivity index (χ3n) is 5.35. The molecule has 11 nitrogen and oxygen atoms in total. The lowest BCUT2D eigenvalue weighted by Crippen LogP contribution is -2.13. The Morgan fingerprint density at radius 2 is 1.86 bits per heavy atom. The molecule has 0 aliphatic rings. The Labute approximate surface area is 199 Å². The smallest absolute Gasteiger partial charge is 0.295 e. The zero-order valence-corrected chi connectivity index (χ0v) is 19.5. The van der Waals surface area contributed by atoms with Crippen LogP contribution in [-0.2, 0) is 9.84 Å². The molecule has 0 saturated heterocycles. The van der Waals surface area contributed by atoms with Crippen molar-refractivity contribution in [2.45, 2.75) is 11.8 Å². The van der Waals surface area contributed by atoms with Gasteiger partial charge in [0.25, 0.3) is 5.56 Å². The highest BCUT2D eigenvalue weighted by Crippen LogP contribution is 2.29. The number of hydrogen-bond donors (Lipinski definition) is 1. The standard InChI is InChI=1S/C23H19N7O4S/c1-3-35(32,33)18-6-4-5-16-19(18)27-23(26-17-13-24-11-12-25-22(17)31)30-21(16)28-20(29-30)14-7-9-15(34-2)10-8-14/h4-13H,3H2,1-2H3,(H,25,26,27,31). The second-order valence-electron chi connectivity index (χ2n) is 7.44. The zero-order chi connectivity index (χ0) is 24.6. The predicted molar refractivity (Wildman–Crippen MR) is 130 cm³/mol. The second-order valence-corrected chi connectivity index (χ2v) is 9.69. The van der Waals surface area contributed by atoms with Gasteiger partial charge >= 0.3 is 0 Å². The van der Waals surface area contributed by atoms with E-state index in [9.17, 15) is 13.2 Å². The van der Waals surface area contributed by atoms with Crippen molar-refractivity contribution in [2.24, 2.45) is 0 Å². The number of sulfone groups is 1. The fourth-order valence-electron chi connectivity index (χ4n) is 3.54. The molecule has 0 unspecified atom stereocenters. The summed E-state index contributed by atoms with van der Waals surface area (Å²) in [5.74, 6) is 1.05. The number of hydrogen-bond acceptors (Lipinski definition) is 10. The van der Waals surface area contributed by atoms with Crippen LogP contribution in [0.3, 0.4) is 0 Å². The van der Waals surface area contributed by atoms with Gasteiger partial charge in [0, 0.05) is 23.3 Å². The van der Waals surface area contributed by atoms with E-state index in [1.165, 1.54) is 29.2 Å². The minimum absolute atomic E-state index is 0.0421. The molecule has 0 atom stereocenters. The highest BCUT2D eigenvalue weighted by atomic mass is 32.2. The van der Waals surface area contributed by atoms with Gasteiger partial charge in [-0.05, 0) is 36.4 Å². The minimum Gasteiger partial charge on any atom is -0.497 e. The van der Waals surface area contributed by atoms with Crippen molar-refractivity contribution in [1.29, 1.82) is 0 Å². The van der Waals surface area contributed by atoms with Crippen LogP contribution in [0, 0.1) is 0 Å². The van der Waals surface area contributed by atoms with E-state index >= 15 is 0 Å². The van der Waals surface area contributed by atoms with Crippen LogP contribution in [0.5, 0.6) is 5.75 Å². The number of ether oxygens (including phenoxy) is 1. The van der Waals surface area contributed by atoms with Gasteiger partial charge in [-0.15, -0.1) is 5.10 Å². The molecule has 0 radical (unpaired) electrons. The van der Waals surface area contributed by atoms with E-state index in [1.807, 2.05) is 12.1 Å². The van der Waals surface area contributed by atoms with E-state index in [-0.39, 0.29) is 27.8 Å². The number of anilines is 2. The van der Waals surface area contributed by atoms with E-state index in [2.05, 4.69) is 30.4 Å². The van der Waals surface area contributed by atoms with Gasteiger partial charge in [0.2, 0.25) is 5.95 Å². The van der Waals surface area contributed by atoms with E-state index in [0.29, 0.717) is 28.2 Å². The summed E-state index contributed by atoms with van der Waals surface area (Å²) in [6, 6.07) is 12.1. The summed E-state index contributed by atoms with van der Waals surface area (Å²) in [6.45, 7) is 1.57. The van der Waals surface area contributed by atoms with Crippen LogP contribution in [0.15, 0.2) is 70.7 Å². The fourth-order valence-corrected chi connectivity index (χ4v) is 4.59. The molecular formula is C23H19N7O4S. The summed E-state index contributed by atoms with van der Waals surface area (Å²) in [5, 5.41) is 7.99. The lowest BCUT2D eigenvalue weighted by atomic mass is 10.2. The minimum atomic E-state index is -3.60. The molecule has 0 saturated carbocycles. The SMILES string of the molecule is CCS(=O)(=O)c1cccc2c1nc(Nc1cnccnc1=O)n1nc(-c3ccc(OC)cc3)nc21. The third-order valence-corrected chi connectivity index (χ3v) is 7.11. The van der Waals surface area contributed by atoms with Crippen molar-refractivity contribution in [3.63, 3.8) is 0 Å². The molecule has 0 amide bonds. The maximum atomic E-state index is 12.8. The van der Waals surface area contributed by atoms with Gasteiger partial charge in [-0.2, -0.15) is 4.52 Å². The molecule has 12 heteroatoms. The summed E-state index contributed by atoms with van der Waals surface area (Å²) in [4.78, 5) is 29.4. The molecular weight excluding hydrogens is 470 g/mol. The van der Waals surface area contributed by atoms with E-state index in [0.717, 1.165) is 0 Å². The molecule has 5 rings (SSSR count). The number of aromatic nitrogens is 6. The summed E-state index contributed by atoms with van der Waals surface area (Å²) >= 11 is 0. The summed E-state index contributed by atoms with van der Waals surface area (Å²) in [6.07, 6.45) is 3.96. The first-order chi connectivity index (χ1) is 16.9. The first-order valence-electron chi connectivity index (χ1n) is 10.6. The Balaban J connectivity index is 1.81. The molecule has 176 valence electrons. The van der Waals surface area contributed by atoms with Crippen molar-refractivity contribution >= 4 is 38.0 Å². The molecule has 0 aliphatic heterocycles. The van der Waals surface area contributed by atoms with Gasteiger partial charge < -0.3 is 10.1 Å². The van der Waals surface area contributed by atoms with Crippen LogP contribution in [0.1, 0.15) is 6.92 Å². The number of methoxy groups -OCH3 is 1. The van der Waals surface area contributed by atoms with E-state index < -0.39 is 15.4 Å². The maximum Gasteiger partial charge on any atom is 0.295 e.